The van der Waals surface area contributed by atoms with Gasteiger partial charge in [0.05, 0.1) is 43.1 Å². The maximum absolute atomic E-state index is 13.0. The molecular formula is C49H44N4O10. The normalized spacial score (nSPS) is 11.4. The highest BCUT2D eigenvalue weighted by atomic mass is 16.5. The van der Waals surface area contributed by atoms with Crippen LogP contribution in [0.4, 0.5) is 11.4 Å². The Labute approximate surface area is 364 Å². The maximum Gasteiger partial charge on any atom is 0.343 e. The van der Waals surface area contributed by atoms with Gasteiger partial charge in [-0.25, -0.2) is 19.2 Å². The van der Waals surface area contributed by atoms with Gasteiger partial charge in [0.1, 0.15) is 23.0 Å². The molecule has 0 bridgehead atoms. The Balaban J connectivity index is 1.20. The Morgan fingerprint density at radius 1 is 0.651 bits per heavy atom. The van der Waals surface area contributed by atoms with Gasteiger partial charge in [0.25, 0.3) is 0 Å². The molecule has 320 valence electrons. The number of aliphatic carboxylic acids is 1. The molecule has 0 saturated heterocycles. The number of nitrogens with zero attached hydrogens (tertiary/aromatic N) is 2. The fraction of sp³-hybridized carbons (Fsp3) is 0.184. The Kier molecular flexibility index (Phi) is 17.0. The van der Waals surface area contributed by atoms with Crippen LogP contribution < -0.4 is 30.4 Å². The SMILES string of the molecule is N#CCCCOc1ccc(C(=O)Oc2ccc(/C=C/C(=O)OCC(C/C(=C\C(=O)O)c3ccc(OC(=O)c4ccc(OCCCC#N)cc4)cc3)c3ccc(N)cc3N)cc2)cc1. The summed E-state index contributed by atoms with van der Waals surface area (Å²) in [6, 6.07) is 34.7. The minimum absolute atomic E-state index is 0.0862. The van der Waals surface area contributed by atoms with Crippen molar-refractivity contribution in [2.45, 2.75) is 38.0 Å². The van der Waals surface area contributed by atoms with Crippen LogP contribution in [0.25, 0.3) is 11.6 Å². The summed E-state index contributed by atoms with van der Waals surface area (Å²) in [6.45, 7) is 0.601. The number of benzene rings is 5. The number of hydrogen-bond donors (Lipinski definition) is 3. The molecule has 5 aromatic carbocycles. The largest absolute Gasteiger partial charge is 0.494 e. The lowest BCUT2D eigenvalue weighted by atomic mass is 9.88. The molecule has 0 radical (unpaired) electrons. The predicted molar refractivity (Wildman–Crippen MR) is 235 cm³/mol. The van der Waals surface area contributed by atoms with Gasteiger partial charge in [-0.3, -0.25) is 0 Å². The number of nitriles is 2. The van der Waals surface area contributed by atoms with Crippen molar-refractivity contribution < 1.29 is 48.0 Å². The summed E-state index contributed by atoms with van der Waals surface area (Å²) in [5, 5.41) is 27.1. The third-order valence-corrected chi connectivity index (χ3v) is 9.26. The molecule has 1 atom stereocenters. The van der Waals surface area contributed by atoms with Gasteiger partial charge >= 0.3 is 23.9 Å². The van der Waals surface area contributed by atoms with Crippen LogP contribution in [-0.2, 0) is 14.3 Å². The average molecular weight is 849 g/mol. The quantitative estimate of drug-likeness (QED) is 0.0206. The number of rotatable bonds is 21. The van der Waals surface area contributed by atoms with Crippen LogP contribution in [0.2, 0.25) is 0 Å². The van der Waals surface area contributed by atoms with Crippen LogP contribution >= 0.6 is 0 Å². The van der Waals surface area contributed by atoms with Crippen LogP contribution in [-0.4, -0.2) is 48.8 Å². The fourth-order valence-electron chi connectivity index (χ4n) is 6.07. The average Bonchev–Trinajstić information content (AvgIpc) is 3.28. The lowest BCUT2D eigenvalue weighted by Crippen LogP contribution is -2.14. The Morgan fingerprint density at radius 3 is 1.63 bits per heavy atom. The number of carboxylic acid groups (broad SMARTS) is 1. The lowest BCUT2D eigenvalue weighted by Gasteiger charge is -2.21. The molecule has 5 N–H and O–H groups in total. The van der Waals surface area contributed by atoms with Crippen LogP contribution in [0.3, 0.4) is 0 Å². The highest BCUT2D eigenvalue weighted by Gasteiger charge is 2.21. The Hall–Kier alpha value is -8.36. The fourth-order valence-corrected chi connectivity index (χ4v) is 6.07. The van der Waals surface area contributed by atoms with Crippen LogP contribution in [0.1, 0.15) is 75.4 Å². The van der Waals surface area contributed by atoms with E-state index in [9.17, 15) is 24.3 Å². The summed E-state index contributed by atoms with van der Waals surface area (Å²) in [5.74, 6) is -2.00. The number of unbranched alkanes of at least 4 members (excludes halogenated alkanes) is 2. The van der Waals surface area contributed by atoms with Gasteiger partial charge in [-0.1, -0.05) is 30.3 Å². The molecule has 0 aliphatic heterocycles. The van der Waals surface area contributed by atoms with Crippen molar-refractivity contribution in [3.05, 3.63) is 155 Å². The van der Waals surface area contributed by atoms with Crippen molar-refractivity contribution in [3.63, 3.8) is 0 Å². The summed E-state index contributed by atoms with van der Waals surface area (Å²) in [5.41, 5.74) is 15.8. The number of nitrogens with two attached hydrogens (primary N) is 2. The molecule has 14 heteroatoms. The van der Waals surface area contributed by atoms with Crippen molar-refractivity contribution in [2.75, 3.05) is 31.3 Å². The van der Waals surface area contributed by atoms with E-state index in [0.717, 1.165) is 6.08 Å². The second-order valence-corrected chi connectivity index (χ2v) is 13.9. The highest BCUT2D eigenvalue weighted by molar-refractivity contribution is 5.93. The van der Waals surface area contributed by atoms with Gasteiger partial charge in [0, 0.05) is 42.3 Å². The van der Waals surface area contributed by atoms with Crippen molar-refractivity contribution in [2.24, 2.45) is 0 Å². The Bertz CT molecular complexity index is 2500. The molecule has 0 amide bonds. The molecule has 0 saturated carbocycles. The third kappa shape index (κ3) is 14.7. The van der Waals surface area contributed by atoms with Crippen LogP contribution in [0.15, 0.2) is 127 Å². The topological polar surface area (TPSA) is 234 Å². The summed E-state index contributed by atoms with van der Waals surface area (Å²) >= 11 is 0. The molecule has 0 aliphatic carbocycles. The molecule has 1 unspecified atom stereocenters. The van der Waals surface area contributed by atoms with E-state index >= 15 is 0 Å². The highest BCUT2D eigenvalue weighted by Crippen LogP contribution is 2.34. The molecule has 5 aromatic rings. The zero-order valence-corrected chi connectivity index (χ0v) is 34.1. The van der Waals surface area contributed by atoms with Crippen LogP contribution in [0.5, 0.6) is 23.0 Å². The van der Waals surface area contributed by atoms with E-state index in [0.29, 0.717) is 95.3 Å². The van der Waals surface area contributed by atoms with Gasteiger partial charge in [-0.15, -0.1) is 0 Å². The number of allylic oxidation sites excluding steroid dienone is 1. The molecule has 5 rings (SSSR count). The van der Waals surface area contributed by atoms with Gasteiger partial charge in [-0.05, 0) is 133 Å². The first kappa shape index (κ1) is 45.7. The number of anilines is 2. The van der Waals surface area contributed by atoms with E-state index in [4.69, 9.17) is 45.7 Å². The first-order chi connectivity index (χ1) is 30.5. The number of carbonyl (C=O) groups excluding carboxylic acids is 3. The van der Waals surface area contributed by atoms with E-state index < -0.39 is 29.8 Å². The van der Waals surface area contributed by atoms with Crippen molar-refractivity contribution >= 4 is 46.9 Å². The number of nitrogen functional groups attached to an aromatic ring is 2. The van der Waals surface area contributed by atoms with Crippen LogP contribution in [0, 0.1) is 22.7 Å². The first-order valence-electron chi connectivity index (χ1n) is 19.8. The van der Waals surface area contributed by atoms with Gasteiger partial charge in [0.2, 0.25) is 0 Å². The summed E-state index contributed by atoms with van der Waals surface area (Å²) < 4.78 is 27.8. The van der Waals surface area contributed by atoms with Crippen molar-refractivity contribution in [1.82, 2.24) is 0 Å². The molecule has 0 heterocycles. The molecule has 0 spiro atoms. The van der Waals surface area contributed by atoms with E-state index in [1.165, 1.54) is 12.2 Å². The second-order valence-electron chi connectivity index (χ2n) is 13.9. The predicted octanol–water partition coefficient (Wildman–Crippen LogP) is 8.55. The zero-order valence-electron chi connectivity index (χ0n) is 34.1. The minimum atomic E-state index is -1.20. The van der Waals surface area contributed by atoms with E-state index in [1.807, 2.05) is 0 Å². The number of carboxylic acids is 1. The molecule has 0 aromatic heterocycles. The molecule has 0 aliphatic rings. The zero-order chi connectivity index (χ0) is 45.0. The molecule has 63 heavy (non-hydrogen) atoms. The first-order valence-corrected chi connectivity index (χ1v) is 19.8. The number of esters is 3. The monoisotopic (exact) mass is 848 g/mol. The number of hydrogen-bond acceptors (Lipinski definition) is 13. The third-order valence-electron chi connectivity index (χ3n) is 9.26. The van der Waals surface area contributed by atoms with E-state index in [2.05, 4.69) is 12.1 Å². The Morgan fingerprint density at radius 2 is 1.14 bits per heavy atom. The van der Waals surface area contributed by atoms with E-state index in [-0.39, 0.29) is 24.3 Å². The van der Waals surface area contributed by atoms with Crippen molar-refractivity contribution in [1.29, 1.82) is 10.5 Å². The smallest absolute Gasteiger partial charge is 0.343 e. The van der Waals surface area contributed by atoms with E-state index in [1.54, 1.807) is 115 Å². The molecular weight excluding hydrogens is 805 g/mol. The van der Waals surface area contributed by atoms with Gasteiger partial charge in [0.15, 0.2) is 0 Å². The standard InChI is InChI=1S/C49H44N4O10/c50-25-1-3-27-59-40-17-10-35(11-18-40)48(57)62-42-15-5-33(6-16-42)7-24-47(56)61-32-38(44-23-14-39(52)31-45(44)53)29-37(30-46(54)55)34-8-21-43(22-9-34)63-49(58)36-12-19-41(20-13-36)60-28-4-2-26-51/h5-24,30-31,38H,1-4,27-29,32,52-53H2,(H,54,55)/b24-7+,37-30+. The summed E-state index contributed by atoms with van der Waals surface area (Å²) in [7, 11) is 0. The molecule has 14 nitrogen and oxygen atoms in total. The second kappa shape index (κ2) is 23.4. The van der Waals surface area contributed by atoms with Gasteiger partial charge < -0.3 is 40.3 Å². The minimum Gasteiger partial charge on any atom is -0.494 e. The number of carbonyl (C=O) groups is 4. The van der Waals surface area contributed by atoms with Crippen molar-refractivity contribution in [3.8, 4) is 35.1 Å². The lowest BCUT2D eigenvalue weighted by molar-refractivity contribution is -0.138. The molecule has 0 fully saturated rings. The van der Waals surface area contributed by atoms with Gasteiger partial charge in [-0.2, -0.15) is 10.5 Å². The summed E-state index contributed by atoms with van der Waals surface area (Å²) in [4.78, 5) is 50.6. The number of ether oxygens (including phenoxy) is 5. The maximum atomic E-state index is 13.0. The summed E-state index contributed by atoms with van der Waals surface area (Å²) in [6.07, 6.45) is 5.89.